The van der Waals surface area contributed by atoms with Crippen molar-refractivity contribution in [3.05, 3.63) is 64.2 Å². The molecule has 2 aromatic carbocycles. The van der Waals surface area contributed by atoms with Crippen molar-refractivity contribution in [1.29, 1.82) is 0 Å². The first-order chi connectivity index (χ1) is 13.7. The maximum Gasteiger partial charge on any atom is 0.293 e. The van der Waals surface area contributed by atoms with Gasteiger partial charge in [0, 0.05) is 24.7 Å². The van der Waals surface area contributed by atoms with Crippen LogP contribution in [0.15, 0.2) is 53.4 Å². The smallest absolute Gasteiger partial charge is 0.293 e. The molecule has 0 heterocycles. The van der Waals surface area contributed by atoms with E-state index in [9.17, 15) is 18.5 Å². The van der Waals surface area contributed by atoms with Crippen LogP contribution in [0, 0.1) is 10.1 Å². The highest BCUT2D eigenvalue weighted by Gasteiger charge is 2.26. The van der Waals surface area contributed by atoms with Crippen LogP contribution in [0.3, 0.4) is 0 Å². The first-order valence-corrected chi connectivity index (χ1v) is 11.0. The van der Waals surface area contributed by atoms with Gasteiger partial charge in [-0.25, -0.2) is 8.42 Å². The second-order valence-corrected chi connectivity index (χ2v) is 8.88. The summed E-state index contributed by atoms with van der Waals surface area (Å²) in [6.45, 7) is 4.54. The lowest BCUT2D eigenvalue weighted by atomic mass is 10.1. The highest BCUT2D eigenvalue weighted by Crippen LogP contribution is 2.29. The van der Waals surface area contributed by atoms with Crippen molar-refractivity contribution in [3.8, 4) is 0 Å². The van der Waals surface area contributed by atoms with Gasteiger partial charge in [0.15, 0.2) is 0 Å². The number of anilines is 1. The Labute approximate surface area is 172 Å². The van der Waals surface area contributed by atoms with Crippen molar-refractivity contribution in [2.75, 3.05) is 39.0 Å². The quantitative estimate of drug-likeness (QED) is 0.451. The van der Waals surface area contributed by atoms with Gasteiger partial charge in [0.05, 0.1) is 30.5 Å². The van der Waals surface area contributed by atoms with E-state index < -0.39 is 14.9 Å². The average Bonchev–Trinajstić information content (AvgIpc) is 2.69. The van der Waals surface area contributed by atoms with Crippen LogP contribution in [0.4, 0.5) is 11.4 Å². The summed E-state index contributed by atoms with van der Waals surface area (Å²) >= 11 is 0. The molecule has 2 aromatic rings. The van der Waals surface area contributed by atoms with Crippen LogP contribution >= 0.6 is 0 Å². The number of quaternary nitrogens is 1. The molecule has 0 aliphatic carbocycles. The Bertz CT molecular complexity index is 929. The minimum absolute atomic E-state index is 0.0729. The molecule has 0 unspecified atom stereocenters. The number of nitrogens with zero attached hydrogens (tertiary/aromatic N) is 2. The summed E-state index contributed by atoms with van der Waals surface area (Å²) in [4.78, 5) is 12.2. The topological polar surface area (TPSA) is 97.0 Å². The number of likely N-dealkylation sites (N-methyl/N-ethyl adjacent to an activating group) is 1. The highest BCUT2D eigenvalue weighted by atomic mass is 32.2. The monoisotopic (exact) mass is 421 g/mol. The lowest BCUT2D eigenvalue weighted by Gasteiger charge is -2.23. The number of benzene rings is 2. The first-order valence-electron chi connectivity index (χ1n) is 9.59. The van der Waals surface area contributed by atoms with Crippen molar-refractivity contribution in [2.24, 2.45) is 0 Å². The fraction of sp³-hybridized carbons (Fsp3) is 0.400. The second-order valence-electron chi connectivity index (χ2n) is 6.95. The van der Waals surface area contributed by atoms with Gasteiger partial charge in [0.1, 0.15) is 11.7 Å². The molecule has 0 saturated heterocycles. The highest BCUT2D eigenvalue weighted by molar-refractivity contribution is 7.89. The third kappa shape index (κ3) is 5.31. The maximum absolute atomic E-state index is 12.7. The molecule has 0 amide bonds. The summed E-state index contributed by atoms with van der Waals surface area (Å²) in [6.07, 6.45) is 0. The van der Waals surface area contributed by atoms with E-state index in [0.29, 0.717) is 25.3 Å². The zero-order valence-corrected chi connectivity index (χ0v) is 18.1. The minimum atomic E-state index is -3.76. The van der Waals surface area contributed by atoms with Crippen molar-refractivity contribution in [3.63, 3.8) is 0 Å². The van der Waals surface area contributed by atoms with E-state index in [1.54, 1.807) is 13.8 Å². The molecule has 0 fully saturated rings. The van der Waals surface area contributed by atoms with Crippen molar-refractivity contribution in [1.82, 2.24) is 4.31 Å². The van der Waals surface area contributed by atoms with Crippen LogP contribution in [-0.4, -0.2) is 51.4 Å². The van der Waals surface area contributed by atoms with Gasteiger partial charge >= 0.3 is 0 Å². The predicted molar refractivity (Wildman–Crippen MR) is 114 cm³/mol. The zero-order valence-electron chi connectivity index (χ0n) is 17.3. The van der Waals surface area contributed by atoms with E-state index >= 15 is 0 Å². The van der Waals surface area contributed by atoms with E-state index in [-0.39, 0.29) is 16.6 Å². The van der Waals surface area contributed by atoms with Gasteiger partial charge in [-0.2, -0.15) is 4.31 Å². The number of hydrogen-bond donors (Lipinski definition) is 2. The number of nitrogens with one attached hydrogen (secondary N) is 2. The Morgan fingerprint density at radius 2 is 1.72 bits per heavy atom. The van der Waals surface area contributed by atoms with E-state index in [1.165, 1.54) is 21.3 Å². The van der Waals surface area contributed by atoms with Crippen LogP contribution in [0.5, 0.6) is 0 Å². The molecule has 158 valence electrons. The Balaban J connectivity index is 2.33. The summed E-state index contributed by atoms with van der Waals surface area (Å²) in [5, 5.41) is 14.7. The fourth-order valence-electron chi connectivity index (χ4n) is 3.24. The first kappa shape index (κ1) is 22.8. The van der Waals surface area contributed by atoms with E-state index in [2.05, 4.69) is 5.32 Å². The Hall–Kier alpha value is -2.49. The number of nitro groups is 1. The molecular weight excluding hydrogens is 392 g/mol. The van der Waals surface area contributed by atoms with Gasteiger partial charge in [0.2, 0.25) is 10.0 Å². The molecule has 0 radical (unpaired) electrons. The molecule has 0 aromatic heterocycles. The van der Waals surface area contributed by atoms with Gasteiger partial charge < -0.3 is 10.2 Å². The molecule has 8 nitrogen and oxygen atoms in total. The summed E-state index contributed by atoms with van der Waals surface area (Å²) in [5.74, 6) is 0. The number of hydrogen-bond acceptors (Lipinski definition) is 5. The number of nitro benzene ring substituents is 1. The molecule has 0 aliphatic heterocycles. The zero-order chi connectivity index (χ0) is 21.6. The van der Waals surface area contributed by atoms with E-state index in [4.69, 9.17) is 0 Å². The lowest BCUT2D eigenvalue weighted by Crippen LogP contribution is -3.06. The maximum atomic E-state index is 12.7. The van der Waals surface area contributed by atoms with Crippen LogP contribution in [0.1, 0.15) is 25.5 Å². The molecule has 0 aliphatic rings. The molecular formula is C20H29N4O4S+. The largest absolute Gasteiger partial charge is 0.373 e. The third-order valence-corrected chi connectivity index (χ3v) is 6.95. The fourth-order valence-corrected chi connectivity index (χ4v) is 4.72. The van der Waals surface area contributed by atoms with E-state index in [0.717, 1.165) is 11.6 Å². The molecule has 29 heavy (non-hydrogen) atoms. The van der Waals surface area contributed by atoms with Gasteiger partial charge in [-0.05, 0) is 12.1 Å². The lowest BCUT2D eigenvalue weighted by molar-refractivity contribution is -0.890. The van der Waals surface area contributed by atoms with Crippen molar-refractivity contribution < 1.29 is 18.2 Å². The summed E-state index contributed by atoms with van der Waals surface area (Å²) in [7, 11) is 0.278. The standard InChI is InChI=1S/C20H28N4O4S/c1-5-23(6-2)29(27,28)17-12-13-18(19(14-17)24(25)26)21-15-20(22(3)4)16-10-8-7-9-11-16/h7-14,20-21H,5-6,15H2,1-4H3/p+1/t20-/m0/s1. The van der Waals surface area contributed by atoms with Crippen molar-refractivity contribution >= 4 is 21.4 Å². The van der Waals surface area contributed by atoms with Crippen LogP contribution in [0.2, 0.25) is 0 Å². The molecule has 0 saturated carbocycles. The van der Waals surface area contributed by atoms with Crippen LogP contribution in [0.25, 0.3) is 0 Å². The van der Waals surface area contributed by atoms with Gasteiger partial charge in [-0.15, -0.1) is 0 Å². The van der Waals surface area contributed by atoms with Gasteiger partial charge in [-0.1, -0.05) is 44.2 Å². The molecule has 0 spiro atoms. The third-order valence-electron chi connectivity index (χ3n) is 4.90. The summed E-state index contributed by atoms with van der Waals surface area (Å²) in [6, 6.07) is 14.0. The van der Waals surface area contributed by atoms with Gasteiger partial charge in [-0.3, -0.25) is 10.1 Å². The SMILES string of the molecule is CCN(CC)S(=O)(=O)c1ccc(NC[C@@H](c2ccccc2)[NH+](C)C)c([N+](=O)[O-])c1. The second kappa shape index (κ2) is 9.82. The van der Waals surface area contributed by atoms with Crippen LogP contribution < -0.4 is 10.2 Å². The number of sulfonamides is 1. The number of rotatable bonds is 10. The average molecular weight is 422 g/mol. The molecule has 2 N–H and O–H groups in total. The molecule has 1 atom stereocenters. The van der Waals surface area contributed by atoms with Crippen LogP contribution in [-0.2, 0) is 10.0 Å². The van der Waals surface area contributed by atoms with Crippen molar-refractivity contribution in [2.45, 2.75) is 24.8 Å². The Kier molecular flexibility index (Phi) is 7.72. The molecule has 9 heteroatoms. The normalized spacial score (nSPS) is 12.9. The Morgan fingerprint density at radius 3 is 2.24 bits per heavy atom. The molecule has 0 bridgehead atoms. The summed E-state index contributed by atoms with van der Waals surface area (Å²) in [5.41, 5.74) is 1.16. The Morgan fingerprint density at radius 1 is 1.10 bits per heavy atom. The van der Waals surface area contributed by atoms with E-state index in [1.807, 2.05) is 44.4 Å². The summed E-state index contributed by atoms with van der Waals surface area (Å²) < 4.78 is 26.7. The minimum Gasteiger partial charge on any atom is -0.373 e. The molecule has 2 rings (SSSR count). The predicted octanol–water partition coefficient (Wildman–Crippen LogP) is 1.92. The van der Waals surface area contributed by atoms with Gasteiger partial charge in [0.25, 0.3) is 5.69 Å².